The first-order valence-corrected chi connectivity index (χ1v) is 7.21. The van der Waals surface area contributed by atoms with Crippen LogP contribution in [0.5, 0.6) is 0 Å². The van der Waals surface area contributed by atoms with Crippen molar-refractivity contribution < 1.29 is 4.39 Å². The third-order valence-electron chi connectivity index (χ3n) is 3.21. The van der Waals surface area contributed by atoms with Crippen LogP contribution in [0.25, 0.3) is 0 Å². The Balaban J connectivity index is 2.34. The van der Waals surface area contributed by atoms with E-state index in [1.165, 1.54) is 5.56 Å². The van der Waals surface area contributed by atoms with Gasteiger partial charge in [-0.25, -0.2) is 4.39 Å². The monoisotopic (exact) mass is 278 g/mol. The minimum Gasteiger partial charge on any atom is -0.370 e. The van der Waals surface area contributed by atoms with Crippen LogP contribution in [0.1, 0.15) is 29.7 Å². The topological polar surface area (TPSA) is 29.3 Å². The molecule has 1 heterocycles. The first-order valence-electron chi connectivity index (χ1n) is 6.27. The van der Waals surface area contributed by atoms with Crippen molar-refractivity contribution in [1.29, 1.82) is 0 Å². The Kier molecular flexibility index (Phi) is 4.22. The number of hydrogen-bond acceptors (Lipinski definition) is 3. The molecule has 0 saturated heterocycles. The van der Waals surface area contributed by atoms with Crippen LogP contribution in [0, 0.1) is 12.7 Å². The molecule has 0 radical (unpaired) electrons. The van der Waals surface area contributed by atoms with Gasteiger partial charge in [0.25, 0.3) is 0 Å². The third-order valence-corrected chi connectivity index (χ3v) is 3.94. The third kappa shape index (κ3) is 3.14. The van der Waals surface area contributed by atoms with Gasteiger partial charge in [0.2, 0.25) is 0 Å². The van der Waals surface area contributed by atoms with E-state index in [-0.39, 0.29) is 11.9 Å². The van der Waals surface area contributed by atoms with Crippen LogP contribution in [0.2, 0.25) is 0 Å². The van der Waals surface area contributed by atoms with Crippen molar-refractivity contribution in [2.24, 2.45) is 5.73 Å². The summed E-state index contributed by atoms with van der Waals surface area (Å²) in [6.07, 6.45) is 0. The van der Waals surface area contributed by atoms with Gasteiger partial charge in [0.1, 0.15) is 5.82 Å². The van der Waals surface area contributed by atoms with E-state index in [1.807, 2.05) is 20.0 Å². The maximum absolute atomic E-state index is 13.7. The quantitative estimate of drug-likeness (QED) is 0.920. The van der Waals surface area contributed by atoms with Crippen molar-refractivity contribution in [2.45, 2.75) is 26.4 Å². The Labute approximate surface area is 117 Å². The summed E-state index contributed by atoms with van der Waals surface area (Å²) in [5.74, 6) is -0.194. The predicted molar refractivity (Wildman–Crippen MR) is 80.2 cm³/mol. The average Bonchev–Trinajstić information content (AvgIpc) is 2.84. The summed E-state index contributed by atoms with van der Waals surface area (Å²) >= 11 is 1.68. The van der Waals surface area contributed by atoms with Crippen LogP contribution in [0.15, 0.2) is 29.0 Å². The summed E-state index contributed by atoms with van der Waals surface area (Å²) in [5, 5.41) is 4.18. The van der Waals surface area contributed by atoms with E-state index < -0.39 is 0 Å². The highest BCUT2D eigenvalue weighted by Crippen LogP contribution is 2.28. The largest absolute Gasteiger partial charge is 0.370 e. The van der Waals surface area contributed by atoms with Gasteiger partial charge >= 0.3 is 0 Å². The second kappa shape index (κ2) is 5.72. The molecule has 2 nitrogen and oxygen atoms in total. The molecule has 19 heavy (non-hydrogen) atoms. The first-order chi connectivity index (χ1) is 8.99. The zero-order valence-corrected chi connectivity index (χ0v) is 12.3. The van der Waals surface area contributed by atoms with E-state index in [2.05, 4.69) is 21.7 Å². The minimum atomic E-state index is -0.194. The highest BCUT2D eigenvalue weighted by Gasteiger charge is 2.14. The summed E-state index contributed by atoms with van der Waals surface area (Å²) in [6, 6.07) is 5.35. The molecule has 2 N–H and O–H groups in total. The van der Waals surface area contributed by atoms with Gasteiger partial charge in [-0.2, -0.15) is 11.3 Å². The highest BCUT2D eigenvalue weighted by atomic mass is 32.1. The summed E-state index contributed by atoms with van der Waals surface area (Å²) in [5.41, 5.74) is 9.71. The van der Waals surface area contributed by atoms with E-state index in [4.69, 9.17) is 5.73 Å². The van der Waals surface area contributed by atoms with Crippen LogP contribution in [0.4, 0.5) is 10.1 Å². The number of nitrogens with zero attached hydrogens (tertiary/aromatic N) is 1. The second-order valence-corrected chi connectivity index (χ2v) is 5.72. The Hall–Kier alpha value is -1.39. The van der Waals surface area contributed by atoms with E-state index in [0.29, 0.717) is 5.56 Å². The Morgan fingerprint density at radius 3 is 2.74 bits per heavy atom. The van der Waals surface area contributed by atoms with E-state index in [9.17, 15) is 4.39 Å². The molecule has 1 atom stereocenters. The fraction of sp³-hybridized carbons (Fsp3) is 0.333. The van der Waals surface area contributed by atoms with Crippen molar-refractivity contribution in [3.8, 4) is 0 Å². The molecular weight excluding hydrogens is 259 g/mol. The number of thiophene rings is 1. The lowest BCUT2D eigenvalue weighted by Gasteiger charge is -2.24. The molecule has 2 rings (SSSR count). The smallest absolute Gasteiger partial charge is 0.126 e. The van der Waals surface area contributed by atoms with Crippen molar-refractivity contribution >= 4 is 17.0 Å². The molecule has 4 heteroatoms. The number of anilines is 1. The Morgan fingerprint density at radius 2 is 2.16 bits per heavy atom. The fourth-order valence-corrected chi connectivity index (χ4v) is 2.78. The molecule has 0 amide bonds. The molecule has 0 unspecified atom stereocenters. The van der Waals surface area contributed by atoms with E-state index >= 15 is 0 Å². The van der Waals surface area contributed by atoms with Gasteiger partial charge in [-0.15, -0.1) is 0 Å². The normalized spacial score (nSPS) is 12.5. The number of hydrogen-bond donors (Lipinski definition) is 1. The summed E-state index contributed by atoms with van der Waals surface area (Å²) in [6.45, 7) is 4.46. The Morgan fingerprint density at radius 1 is 1.42 bits per heavy atom. The van der Waals surface area contributed by atoms with Crippen LogP contribution in [-0.4, -0.2) is 7.05 Å². The lowest BCUT2D eigenvalue weighted by molar-refractivity contribution is 0.612. The number of benzene rings is 1. The number of halogens is 1. The molecule has 0 fully saturated rings. The molecule has 0 aliphatic carbocycles. The van der Waals surface area contributed by atoms with Gasteiger partial charge in [-0.1, -0.05) is 0 Å². The minimum absolute atomic E-state index is 0.185. The lowest BCUT2D eigenvalue weighted by Crippen LogP contribution is -2.20. The van der Waals surface area contributed by atoms with Crippen LogP contribution in [0.3, 0.4) is 0 Å². The second-order valence-electron chi connectivity index (χ2n) is 4.94. The zero-order valence-electron chi connectivity index (χ0n) is 11.5. The first kappa shape index (κ1) is 14.0. The van der Waals surface area contributed by atoms with Crippen LogP contribution in [-0.2, 0) is 6.54 Å². The van der Waals surface area contributed by atoms with Crippen molar-refractivity contribution in [3.05, 3.63) is 51.5 Å². The number of nitrogens with two attached hydrogens (primary N) is 1. The van der Waals surface area contributed by atoms with Gasteiger partial charge < -0.3 is 10.6 Å². The SMILES string of the molecule is Cc1cc(N(C)Cc2ccsc2)c([C@H](C)N)cc1F. The van der Waals surface area contributed by atoms with Crippen molar-refractivity contribution in [3.63, 3.8) is 0 Å². The number of rotatable bonds is 4. The maximum Gasteiger partial charge on any atom is 0.126 e. The van der Waals surface area contributed by atoms with Crippen molar-refractivity contribution in [2.75, 3.05) is 11.9 Å². The van der Waals surface area contributed by atoms with Gasteiger partial charge in [0.15, 0.2) is 0 Å². The van der Waals surface area contributed by atoms with E-state index in [1.54, 1.807) is 24.3 Å². The van der Waals surface area contributed by atoms with Gasteiger partial charge in [0, 0.05) is 25.3 Å². The molecule has 0 aliphatic rings. The standard InChI is InChI=1S/C15H19FN2S/c1-10-6-15(13(11(2)17)7-14(10)16)18(3)8-12-4-5-19-9-12/h4-7,9,11H,8,17H2,1-3H3/t11-/m0/s1. The summed E-state index contributed by atoms with van der Waals surface area (Å²) in [7, 11) is 2.01. The Bertz CT molecular complexity index is 550. The molecule has 0 spiro atoms. The van der Waals surface area contributed by atoms with Gasteiger partial charge in [-0.3, -0.25) is 0 Å². The molecule has 0 bridgehead atoms. The molecule has 2 aromatic rings. The number of aryl methyl sites for hydroxylation is 1. The van der Waals surface area contributed by atoms with Gasteiger partial charge in [0.05, 0.1) is 0 Å². The zero-order chi connectivity index (χ0) is 14.0. The van der Waals surface area contributed by atoms with Crippen LogP contribution < -0.4 is 10.6 Å². The summed E-state index contributed by atoms with van der Waals surface area (Å²) in [4.78, 5) is 2.12. The molecule has 1 aromatic carbocycles. The lowest BCUT2D eigenvalue weighted by atomic mass is 10.0. The molecule has 0 saturated carbocycles. The molecule has 1 aromatic heterocycles. The predicted octanol–water partition coefficient (Wildman–Crippen LogP) is 3.85. The average molecular weight is 278 g/mol. The maximum atomic E-state index is 13.7. The molecule has 102 valence electrons. The molecular formula is C15H19FN2S. The van der Waals surface area contributed by atoms with Gasteiger partial charge in [-0.05, 0) is 59.5 Å². The van der Waals surface area contributed by atoms with Crippen molar-refractivity contribution in [1.82, 2.24) is 0 Å². The van der Waals surface area contributed by atoms with Crippen LogP contribution >= 0.6 is 11.3 Å². The molecule has 0 aliphatic heterocycles. The highest BCUT2D eigenvalue weighted by molar-refractivity contribution is 7.07. The summed E-state index contributed by atoms with van der Waals surface area (Å²) < 4.78 is 13.7. The fourth-order valence-electron chi connectivity index (χ4n) is 2.12. The van der Waals surface area contributed by atoms with E-state index in [0.717, 1.165) is 17.8 Å².